The molecule has 9 heteroatoms. The van der Waals surface area contributed by atoms with E-state index in [9.17, 15) is 8.42 Å². The van der Waals surface area contributed by atoms with Crippen molar-refractivity contribution in [3.8, 4) is 0 Å². The van der Waals surface area contributed by atoms with Crippen LogP contribution >= 0.6 is 12.4 Å². The maximum Gasteiger partial charge on any atom is 0.257 e. The molecule has 0 saturated carbocycles. The van der Waals surface area contributed by atoms with Gasteiger partial charge in [-0.15, -0.1) is 12.4 Å². The molecule has 0 aliphatic carbocycles. The van der Waals surface area contributed by atoms with E-state index in [2.05, 4.69) is 20.0 Å². The van der Waals surface area contributed by atoms with Gasteiger partial charge in [-0.25, -0.2) is 13.1 Å². The second-order valence-corrected chi connectivity index (χ2v) is 6.91. The summed E-state index contributed by atoms with van der Waals surface area (Å²) >= 11 is 0. The average molecular weight is 338 g/mol. The Balaban J connectivity index is 0.00000220. The molecule has 0 aromatic carbocycles. The zero-order valence-corrected chi connectivity index (χ0v) is 14.1. The van der Waals surface area contributed by atoms with Crippen LogP contribution in [0.5, 0.6) is 0 Å². The van der Waals surface area contributed by atoms with Crippen LogP contribution in [0.1, 0.15) is 19.9 Å². The van der Waals surface area contributed by atoms with Crippen molar-refractivity contribution in [2.24, 2.45) is 0 Å². The molecule has 122 valence electrons. The Kier molecular flexibility index (Phi) is 7.08. The van der Waals surface area contributed by atoms with Gasteiger partial charge in [-0.3, -0.25) is 9.58 Å². The lowest BCUT2D eigenvalue weighted by molar-refractivity contribution is 0.245. The molecule has 21 heavy (non-hydrogen) atoms. The van der Waals surface area contributed by atoms with Gasteiger partial charge in [0.15, 0.2) is 5.03 Å². The number of nitrogens with one attached hydrogen (secondary N) is 2. The molecule has 1 saturated heterocycles. The lowest BCUT2D eigenvalue weighted by Gasteiger charge is -2.27. The average Bonchev–Trinajstić information content (AvgIpc) is 2.90. The van der Waals surface area contributed by atoms with Gasteiger partial charge in [0, 0.05) is 45.3 Å². The minimum absolute atomic E-state index is 0. The second kappa shape index (κ2) is 8.09. The molecule has 1 aromatic heterocycles. The molecule has 7 nitrogen and oxygen atoms in total. The van der Waals surface area contributed by atoms with E-state index >= 15 is 0 Å². The number of aromatic nitrogens is 2. The Labute approximate surface area is 132 Å². The summed E-state index contributed by atoms with van der Waals surface area (Å²) in [5, 5.41) is 7.56. The smallest absolute Gasteiger partial charge is 0.257 e. The summed E-state index contributed by atoms with van der Waals surface area (Å²) in [5.41, 5.74) is 0. The number of sulfonamides is 1. The van der Waals surface area contributed by atoms with E-state index < -0.39 is 10.0 Å². The number of hydrogen-bond acceptors (Lipinski definition) is 5. The van der Waals surface area contributed by atoms with Gasteiger partial charge in [0.05, 0.1) is 6.20 Å². The van der Waals surface area contributed by atoms with E-state index in [1.807, 2.05) is 13.8 Å². The van der Waals surface area contributed by atoms with Crippen molar-refractivity contribution in [3.63, 3.8) is 0 Å². The van der Waals surface area contributed by atoms with Crippen LogP contribution in [0, 0.1) is 0 Å². The van der Waals surface area contributed by atoms with Crippen LogP contribution in [0.3, 0.4) is 0 Å². The van der Waals surface area contributed by atoms with Gasteiger partial charge in [-0.1, -0.05) is 0 Å². The molecule has 1 aliphatic heterocycles. The van der Waals surface area contributed by atoms with Crippen molar-refractivity contribution >= 4 is 22.4 Å². The summed E-state index contributed by atoms with van der Waals surface area (Å²) in [5.74, 6) is 0. The first-order valence-corrected chi connectivity index (χ1v) is 8.45. The summed E-state index contributed by atoms with van der Waals surface area (Å²) in [4.78, 5) is 2.25. The van der Waals surface area contributed by atoms with Crippen LogP contribution in [0.15, 0.2) is 17.3 Å². The zero-order chi connectivity index (χ0) is 14.6. The third-order valence-electron chi connectivity index (χ3n) is 3.33. The minimum Gasteiger partial charge on any atom is -0.314 e. The third-order valence-corrected chi connectivity index (χ3v) is 4.79. The van der Waals surface area contributed by atoms with Gasteiger partial charge in [-0.05, 0) is 19.9 Å². The summed E-state index contributed by atoms with van der Waals surface area (Å²) < 4.78 is 28.7. The standard InChI is InChI=1S/C12H23N5O2S.ClH/c1-11(2)17-12(3-4-14-17)20(18,19)15-7-10-16-8-5-13-6-9-16;/h3-4,11,13,15H,5-10H2,1-2H3;1H. The first-order valence-electron chi connectivity index (χ1n) is 6.97. The van der Waals surface area contributed by atoms with Crippen LogP contribution in [-0.4, -0.2) is 62.4 Å². The van der Waals surface area contributed by atoms with Crippen molar-refractivity contribution in [2.75, 3.05) is 39.3 Å². The molecule has 0 radical (unpaired) electrons. The van der Waals surface area contributed by atoms with Crippen LogP contribution in [0.4, 0.5) is 0 Å². The fraction of sp³-hybridized carbons (Fsp3) is 0.750. The molecular weight excluding hydrogens is 314 g/mol. The fourth-order valence-electron chi connectivity index (χ4n) is 2.25. The lowest BCUT2D eigenvalue weighted by atomic mass is 10.3. The quantitative estimate of drug-likeness (QED) is 0.768. The highest BCUT2D eigenvalue weighted by Crippen LogP contribution is 2.13. The Morgan fingerprint density at radius 1 is 1.38 bits per heavy atom. The molecule has 2 heterocycles. The summed E-state index contributed by atoms with van der Waals surface area (Å²) in [6, 6.07) is 1.55. The predicted octanol–water partition coefficient (Wildman–Crippen LogP) is 0.0693. The van der Waals surface area contributed by atoms with E-state index in [0.29, 0.717) is 6.54 Å². The monoisotopic (exact) mass is 337 g/mol. The molecule has 0 amide bonds. The maximum atomic E-state index is 12.3. The first kappa shape index (κ1) is 18.4. The van der Waals surface area contributed by atoms with Crippen LogP contribution in [0.25, 0.3) is 0 Å². The number of nitrogens with zero attached hydrogens (tertiary/aromatic N) is 3. The normalized spacial score (nSPS) is 16.9. The van der Waals surface area contributed by atoms with Gasteiger partial charge >= 0.3 is 0 Å². The van der Waals surface area contributed by atoms with Gasteiger partial charge in [-0.2, -0.15) is 5.10 Å². The molecule has 2 rings (SSSR count). The van der Waals surface area contributed by atoms with Crippen LogP contribution < -0.4 is 10.0 Å². The molecule has 0 bridgehead atoms. The van der Waals surface area contributed by atoms with Crippen LogP contribution in [0.2, 0.25) is 0 Å². The highest BCUT2D eigenvalue weighted by molar-refractivity contribution is 7.89. The molecule has 1 aromatic rings. The molecular formula is C12H24ClN5O2S. The second-order valence-electron chi connectivity index (χ2n) is 5.20. The van der Waals surface area contributed by atoms with Crippen molar-refractivity contribution in [1.29, 1.82) is 0 Å². The van der Waals surface area contributed by atoms with Gasteiger partial charge < -0.3 is 5.32 Å². The van der Waals surface area contributed by atoms with Crippen molar-refractivity contribution in [2.45, 2.75) is 24.9 Å². The lowest BCUT2D eigenvalue weighted by Crippen LogP contribution is -2.46. The topological polar surface area (TPSA) is 79.3 Å². The Morgan fingerprint density at radius 2 is 2.05 bits per heavy atom. The largest absolute Gasteiger partial charge is 0.314 e. The Bertz CT molecular complexity index is 526. The van der Waals surface area contributed by atoms with Gasteiger partial charge in [0.25, 0.3) is 10.0 Å². The van der Waals surface area contributed by atoms with E-state index in [1.165, 1.54) is 16.9 Å². The Hall–Kier alpha value is -0.670. The summed E-state index contributed by atoms with van der Waals surface area (Å²) in [7, 11) is -3.49. The molecule has 0 atom stereocenters. The molecule has 0 spiro atoms. The summed E-state index contributed by atoms with van der Waals surface area (Å²) in [6.45, 7) is 8.83. The van der Waals surface area contributed by atoms with Crippen LogP contribution in [-0.2, 0) is 10.0 Å². The predicted molar refractivity (Wildman–Crippen MR) is 84.4 cm³/mol. The number of halogens is 1. The minimum atomic E-state index is -3.49. The highest BCUT2D eigenvalue weighted by Gasteiger charge is 2.20. The molecule has 0 unspecified atom stereocenters. The zero-order valence-electron chi connectivity index (χ0n) is 12.4. The van der Waals surface area contributed by atoms with Gasteiger partial charge in [0.1, 0.15) is 0 Å². The number of piperazine rings is 1. The number of rotatable bonds is 6. The van der Waals surface area contributed by atoms with E-state index in [-0.39, 0.29) is 23.5 Å². The van der Waals surface area contributed by atoms with E-state index in [4.69, 9.17) is 0 Å². The fourth-order valence-corrected chi connectivity index (χ4v) is 3.50. The Morgan fingerprint density at radius 3 is 2.67 bits per heavy atom. The third kappa shape index (κ3) is 4.93. The van der Waals surface area contributed by atoms with Gasteiger partial charge in [0.2, 0.25) is 0 Å². The van der Waals surface area contributed by atoms with Crippen molar-refractivity contribution < 1.29 is 8.42 Å². The molecule has 1 fully saturated rings. The SMILES string of the molecule is CC(C)n1nccc1S(=O)(=O)NCCN1CCNCC1.Cl. The molecule has 2 N–H and O–H groups in total. The highest BCUT2D eigenvalue weighted by atomic mass is 35.5. The van der Waals surface area contributed by atoms with E-state index in [1.54, 1.807) is 0 Å². The number of hydrogen-bond donors (Lipinski definition) is 2. The van der Waals surface area contributed by atoms with Crippen molar-refractivity contribution in [1.82, 2.24) is 24.7 Å². The first-order chi connectivity index (χ1) is 9.50. The van der Waals surface area contributed by atoms with Crippen molar-refractivity contribution in [3.05, 3.63) is 12.3 Å². The summed E-state index contributed by atoms with van der Waals surface area (Å²) in [6.07, 6.45) is 1.52. The molecule has 1 aliphatic rings. The van der Waals surface area contributed by atoms with E-state index in [0.717, 1.165) is 32.7 Å². The maximum absolute atomic E-state index is 12.3.